The van der Waals surface area contributed by atoms with Gasteiger partial charge in [-0.1, -0.05) is 26.7 Å². The second-order valence-electron chi connectivity index (χ2n) is 4.10. The summed E-state index contributed by atoms with van der Waals surface area (Å²) in [6.45, 7) is 4.81. The number of phenolic OH excluding ortho intramolecular Hbond substituents is 2. The maximum absolute atomic E-state index is 11.7. The predicted molar refractivity (Wildman–Crippen MR) is 66.2 cm³/mol. The molecule has 0 bridgehead atoms. The third-order valence-corrected chi connectivity index (χ3v) is 2.94. The zero-order chi connectivity index (χ0) is 12.8. The molecule has 1 amide bonds. The van der Waals surface area contributed by atoms with E-state index >= 15 is 0 Å². The first-order valence-corrected chi connectivity index (χ1v) is 5.88. The number of rotatable bonds is 5. The van der Waals surface area contributed by atoms with Gasteiger partial charge in [0.2, 0.25) is 0 Å². The summed E-state index contributed by atoms with van der Waals surface area (Å²) >= 11 is 0. The van der Waals surface area contributed by atoms with Crippen molar-refractivity contribution in [2.45, 2.75) is 26.7 Å². The van der Waals surface area contributed by atoms with Gasteiger partial charge >= 0.3 is 0 Å². The van der Waals surface area contributed by atoms with Crippen LogP contribution in [-0.2, 0) is 0 Å². The van der Waals surface area contributed by atoms with Crippen molar-refractivity contribution in [1.29, 1.82) is 0 Å². The summed E-state index contributed by atoms with van der Waals surface area (Å²) in [5, 5.41) is 21.2. The molecule has 0 spiro atoms. The van der Waals surface area contributed by atoms with Gasteiger partial charge in [-0.2, -0.15) is 0 Å². The van der Waals surface area contributed by atoms with Crippen LogP contribution in [0.25, 0.3) is 0 Å². The zero-order valence-electron chi connectivity index (χ0n) is 10.2. The molecule has 1 rings (SSSR count). The minimum absolute atomic E-state index is 0.221. The van der Waals surface area contributed by atoms with E-state index < -0.39 is 0 Å². The van der Waals surface area contributed by atoms with Crippen molar-refractivity contribution in [2.24, 2.45) is 5.92 Å². The number of carbonyl (C=O) groups is 1. The highest BCUT2D eigenvalue weighted by atomic mass is 16.3. The molecule has 0 radical (unpaired) electrons. The molecule has 4 heteroatoms. The molecular formula is C13H19NO3. The summed E-state index contributed by atoms with van der Waals surface area (Å²) in [6.07, 6.45) is 2.05. The van der Waals surface area contributed by atoms with Crippen molar-refractivity contribution < 1.29 is 15.0 Å². The van der Waals surface area contributed by atoms with Gasteiger partial charge in [0, 0.05) is 12.1 Å². The second kappa shape index (κ2) is 6.13. The molecule has 3 N–H and O–H groups in total. The number of hydrogen-bond donors (Lipinski definition) is 3. The Morgan fingerprint density at radius 3 is 2.41 bits per heavy atom. The fraction of sp³-hybridized carbons (Fsp3) is 0.462. The van der Waals surface area contributed by atoms with Gasteiger partial charge in [-0.25, -0.2) is 0 Å². The van der Waals surface area contributed by atoms with Gasteiger partial charge in [0.05, 0.1) is 0 Å². The van der Waals surface area contributed by atoms with E-state index in [0.717, 1.165) is 12.8 Å². The fourth-order valence-corrected chi connectivity index (χ4v) is 1.58. The Labute approximate surface area is 101 Å². The lowest BCUT2D eigenvalue weighted by Gasteiger charge is -2.13. The molecule has 0 saturated heterocycles. The summed E-state index contributed by atoms with van der Waals surface area (Å²) < 4.78 is 0. The molecule has 0 heterocycles. The normalized spacial score (nSPS) is 10.5. The maximum atomic E-state index is 11.7. The van der Waals surface area contributed by atoms with Crippen LogP contribution >= 0.6 is 0 Å². The first kappa shape index (κ1) is 13.4. The van der Waals surface area contributed by atoms with E-state index in [9.17, 15) is 9.90 Å². The molecule has 0 aliphatic carbocycles. The molecule has 0 aliphatic heterocycles. The lowest BCUT2D eigenvalue weighted by Crippen LogP contribution is -2.28. The van der Waals surface area contributed by atoms with Crippen molar-refractivity contribution in [2.75, 3.05) is 6.54 Å². The van der Waals surface area contributed by atoms with Gasteiger partial charge in [-0.05, 0) is 24.1 Å². The largest absolute Gasteiger partial charge is 0.504 e. The lowest BCUT2D eigenvalue weighted by atomic mass is 10.0. The minimum atomic E-state index is -0.278. The summed E-state index contributed by atoms with van der Waals surface area (Å²) in [4.78, 5) is 11.7. The summed E-state index contributed by atoms with van der Waals surface area (Å²) in [7, 11) is 0. The summed E-state index contributed by atoms with van der Waals surface area (Å²) in [6, 6.07) is 4.05. The van der Waals surface area contributed by atoms with Gasteiger partial charge in [0.1, 0.15) is 0 Å². The van der Waals surface area contributed by atoms with Crippen molar-refractivity contribution in [3.05, 3.63) is 23.8 Å². The smallest absolute Gasteiger partial charge is 0.251 e. The number of phenols is 2. The molecule has 0 unspecified atom stereocenters. The van der Waals surface area contributed by atoms with E-state index in [1.54, 1.807) is 0 Å². The van der Waals surface area contributed by atoms with Crippen molar-refractivity contribution in [1.82, 2.24) is 5.32 Å². The third-order valence-electron chi connectivity index (χ3n) is 2.94. The standard InChI is InChI=1S/C13H19NO3/c1-3-9(4-2)8-14-13(17)10-5-6-11(15)12(16)7-10/h5-7,9,15-16H,3-4,8H2,1-2H3,(H,14,17). The van der Waals surface area contributed by atoms with Crippen LogP contribution in [0.5, 0.6) is 11.5 Å². The number of benzene rings is 1. The zero-order valence-corrected chi connectivity index (χ0v) is 10.2. The molecule has 0 fully saturated rings. The van der Waals surface area contributed by atoms with Crippen LogP contribution in [-0.4, -0.2) is 22.7 Å². The van der Waals surface area contributed by atoms with E-state index in [0.29, 0.717) is 18.0 Å². The number of aromatic hydroxyl groups is 2. The second-order valence-corrected chi connectivity index (χ2v) is 4.10. The molecular weight excluding hydrogens is 218 g/mol. The van der Waals surface area contributed by atoms with Crippen LogP contribution in [0.15, 0.2) is 18.2 Å². The number of carbonyl (C=O) groups excluding carboxylic acids is 1. The average Bonchev–Trinajstić information content (AvgIpc) is 2.33. The first-order chi connectivity index (χ1) is 8.08. The van der Waals surface area contributed by atoms with Gasteiger partial charge in [0.15, 0.2) is 11.5 Å². The van der Waals surface area contributed by atoms with Crippen LogP contribution in [0.1, 0.15) is 37.0 Å². The molecule has 1 aromatic rings. The van der Waals surface area contributed by atoms with Crippen LogP contribution in [0.4, 0.5) is 0 Å². The third kappa shape index (κ3) is 3.66. The average molecular weight is 237 g/mol. The molecule has 4 nitrogen and oxygen atoms in total. The van der Waals surface area contributed by atoms with Crippen LogP contribution in [0, 0.1) is 5.92 Å². The lowest BCUT2D eigenvalue weighted by molar-refractivity contribution is 0.0946. The molecule has 0 atom stereocenters. The summed E-state index contributed by atoms with van der Waals surface area (Å²) in [5.74, 6) is -0.251. The predicted octanol–water partition coefficient (Wildman–Crippen LogP) is 2.26. The van der Waals surface area contributed by atoms with E-state index in [1.165, 1.54) is 18.2 Å². The highest BCUT2D eigenvalue weighted by Crippen LogP contribution is 2.24. The number of amides is 1. The van der Waals surface area contributed by atoms with Crippen LogP contribution in [0.2, 0.25) is 0 Å². The van der Waals surface area contributed by atoms with Crippen LogP contribution < -0.4 is 5.32 Å². The fourth-order valence-electron chi connectivity index (χ4n) is 1.58. The monoisotopic (exact) mass is 237 g/mol. The van der Waals surface area contributed by atoms with Crippen molar-refractivity contribution in [3.8, 4) is 11.5 Å². The van der Waals surface area contributed by atoms with E-state index in [1.807, 2.05) is 0 Å². The molecule has 94 valence electrons. The number of hydrogen-bond acceptors (Lipinski definition) is 3. The Morgan fingerprint density at radius 1 is 1.24 bits per heavy atom. The molecule has 0 aromatic heterocycles. The first-order valence-electron chi connectivity index (χ1n) is 5.88. The van der Waals surface area contributed by atoms with E-state index in [4.69, 9.17) is 5.11 Å². The van der Waals surface area contributed by atoms with Gasteiger partial charge in [0.25, 0.3) is 5.91 Å². The topological polar surface area (TPSA) is 69.6 Å². The highest BCUT2D eigenvalue weighted by molar-refractivity contribution is 5.94. The van der Waals surface area contributed by atoms with Crippen LogP contribution in [0.3, 0.4) is 0 Å². The SMILES string of the molecule is CCC(CC)CNC(=O)c1ccc(O)c(O)c1. The van der Waals surface area contributed by atoms with Gasteiger partial charge in [-0.15, -0.1) is 0 Å². The van der Waals surface area contributed by atoms with E-state index in [-0.39, 0.29) is 17.4 Å². The maximum Gasteiger partial charge on any atom is 0.251 e. The summed E-state index contributed by atoms with van der Waals surface area (Å²) in [5.41, 5.74) is 0.353. The Bertz CT molecular complexity index is 386. The molecule has 0 aliphatic rings. The highest BCUT2D eigenvalue weighted by Gasteiger charge is 2.10. The Hall–Kier alpha value is -1.71. The quantitative estimate of drug-likeness (QED) is 0.688. The molecule has 0 saturated carbocycles. The Kier molecular flexibility index (Phi) is 4.82. The van der Waals surface area contributed by atoms with Gasteiger partial charge in [-0.3, -0.25) is 4.79 Å². The van der Waals surface area contributed by atoms with Crippen molar-refractivity contribution >= 4 is 5.91 Å². The molecule has 1 aromatic carbocycles. The van der Waals surface area contributed by atoms with E-state index in [2.05, 4.69) is 19.2 Å². The Morgan fingerprint density at radius 2 is 1.88 bits per heavy atom. The Balaban J connectivity index is 2.61. The minimum Gasteiger partial charge on any atom is -0.504 e. The van der Waals surface area contributed by atoms with Crippen molar-refractivity contribution in [3.63, 3.8) is 0 Å². The van der Waals surface area contributed by atoms with Gasteiger partial charge < -0.3 is 15.5 Å². The molecule has 17 heavy (non-hydrogen) atoms. The number of nitrogens with one attached hydrogen (secondary N) is 1.